The number of hydrogen-bond donors (Lipinski definition) is 2. The molecular weight excluding hydrogens is 282 g/mol. The van der Waals surface area contributed by atoms with Crippen molar-refractivity contribution in [2.45, 2.75) is 38.3 Å². The number of aliphatic hydroxyl groups is 1. The van der Waals surface area contributed by atoms with Gasteiger partial charge in [-0.1, -0.05) is 11.6 Å². The van der Waals surface area contributed by atoms with Gasteiger partial charge in [0.15, 0.2) is 0 Å². The number of nitrogens with zero attached hydrogens (tertiary/aromatic N) is 2. The Morgan fingerprint density at radius 1 is 1.70 bits per heavy atom. The Hall–Kier alpha value is -1.11. The van der Waals surface area contributed by atoms with Crippen LogP contribution in [0.2, 0.25) is 5.02 Å². The van der Waals surface area contributed by atoms with Crippen LogP contribution in [0.3, 0.4) is 0 Å². The number of amides is 1. The molecule has 0 saturated carbocycles. The number of aryl methyl sites for hydroxylation is 1. The van der Waals surface area contributed by atoms with Crippen molar-refractivity contribution >= 4 is 17.5 Å². The second kappa shape index (κ2) is 6.56. The minimum absolute atomic E-state index is 0.269. The van der Waals surface area contributed by atoms with Gasteiger partial charge in [0, 0.05) is 19.7 Å². The predicted octanol–water partition coefficient (Wildman–Crippen LogP) is 1.22. The first-order valence-electron chi connectivity index (χ1n) is 6.85. The largest absolute Gasteiger partial charge is 0.387 e. The number of carbonyl (C=O) groups is 1. The first-order valence-corrected chi connectivity index (χ1v) is 7.23. The fourth-order valence-electron chi connectivity index (χ4n) is 2.36. The van der Waals surface area contributed by atoms with Gasteiger partial charge in [0.05, 0.1) is 23.4 Å². The van der Waals surface area contributed by atoms with Gasteiger partial charge in [-0.2, -0.15) is 5.10 Å². The van der Waals surface area contributed by atoms with Crippen molar-refractivity contribution in [3.63, 3.8) is 0 Å². The number of nitrogens with one attached hydrogen (secondary N) is 1. The number of carbonyl (C=O) groups excluding carboxylic acids is 1. The van der Waals surface area contributed by atoms with Gasteiger partial charge in [-0.05, 0) is 26.2 Å². The average Bonchev–Trinajstić information content (AvgIpc) is 2.80. The van der Waals surface area contributed by atoms with Crippen LogP contribution in [0, 0.1) is 0 Å². The first-order chi connectivity index (χ1) is 9.56. The molecule has 1 aliphatic rings. The Bertz CT molecular complexity index is 469. The molecule has 6 nitrogen and oxygen atoms in total. The van der Waals surface area contributed by atoms with E-state index in [0.29, 0.717) is 49.9 Å². The highest BCUT2D eigenvalue weighted by Crippen LogP contribution is 2.22. The quantitative estimate of drug-likeness (QED) is 0.857. The zero-order valence-electron chi connectivity index (χ0n) is 11.6. The molecule has 2 heterocycles. The predicted molar refractivity (Wildman–Crippen MR) is 74.9 cm³/mol. The van der Waals surface area contributed by atoms with Gasteiger partial charge in [-0.3, -0.25) is 9.48 Å². The van der Waals surface area contributed by atoms with Crippen molar-refractivity contribution in [1.82, 2.24) is 15.1 Å². The third-order valence-electron chi connectivity index (χ3n) is 3.49. The van der Waals surface area contributed by atoms with E-state index < -0.39 is 5.60 Å². The molecule has 1 amide bonds. The van der Waals surface area contributed by atoms with Crippen LogP contribution in [0.1, 0.15) is 36.7 Å². The Morgan fingerprint density at radius 3 is 3.15 bits per heavy atom. The third-order valence-corrected chi connectivity index (χ3v) is 3.76. The van der Waals surface area contributed by atoms with Crippen molar-refractivity contribution in [3.8, 4) is 0 Å². The monoisotopic (exact) mass is 301 g/mol. The molecule has 1 aliphatic heterocycles. The summed E-state index contributed by atoms with van der Waals surface area (Å²) in [6.07, 6.45) is 3.48. The minimum atomic E-state index is -0.833. The Balaban J connectivity index is 1.87. The molecule has 0 aromatic carbocycles. The molecule has 1 aromatic heterocycles. The van der Waals surface area contributed by atoms with Gasteiger partial charge in [0.25, 0.3) is 5.91 Å². The number of ether oxygens (including phenoxy) is 1. The summed E-state index contributed by atoms with van der Waals surface area (Å²) in [6, 6.07) is 0. The molecule has 7 heteroatoms. The van der Waals surface area contributed by atoms with Gasteiger partial charge in [-0.15, -0.1) is 0 Å². The lowest BCUT2D eigenvalue weighted by molar-refractivity contribution is -0.0887. The van der Waals surface area contributed by atoms with Crippen molar-refractivity contribution in [2.24, 2.45) is 0 Å². The van der Waals surface area contributed by atoms with E-state index in [2.05, 4.69) is 10.4 Å². The smallest absolute Gasteiger partial charge is 0.271 e. The van der Waals surface area contributed by atoms with Gasteiger partial charge in [-0.25, -0.2) is 0 Å². The highest BCUT2D eigenvalue weighted by molar-refractivity contribution is 6.33. The molecule has 2 N–H and O–H groups in total. The lowest BCUT2D eigenvalue weighted by Gasteiger charge is -2.31. The zero-order valence-corrected chi connectivity index (χ0v) is 12.3. The first kappa shape index (κ1) is 15.3. The molecule has 20 heavy (non-hydrogen) atoms. The molecule has 0 radical (unpaired) electrons. The number of hydrogen-bond acceptors (Lipinski definition) is 4. The maximum absolute atomic E-state index is 12.1. The molecule has 1 fully saturated rings. The van der Waals surface area contributed by atoms with E-state index in [0.717, 1.165) is 6.42 Å². The van der Waals surface area contributed by atoms with Crippen molar-refractivity contribution < 1.29 is 14.6 Å². The highest BCUT2D eigenvalue weighted by Gasteiger charge is 2.29. The van der Waals surface area contributed by atoms with Gasteiger partial charge in [0.1, 0.15) is 5.69 Å². The summed E-state index contributed by atoms with van der Waals surface area (Å²) in [4.78, 5) is 12.1. The maximum Gasteiger partial charge on any atom is 0.271 e. The van der Waals surface area contributed by atoms with Crippen LogP contribution in [-0.2, 0) is 11.3 Å². The fourth-order valence-corrected chi connectivity index (χ4v) is 2.58. The number of halogens is 1. The van der Waals surface area contributed by atoms with Crippen LogP contribution in [0.4, 0.5) is 0 Å². The Morgan fingerprint density at radius 2 is 2.50 bits per heavy atom. The van der Waals surface area contributed by atoms with Crippen LogP contribution < -0.4 is 5.32 Å². The molecule has 1 saturated heterocycles. The lowest BCUT2D eigenvalue weighted by atomic mass is 9.93. The van der Waals surface area contributed by atoms with Crippen molar-refractivity contribution in [2.75, 3.05) is 19.8 Å². The van der Waals surface area contributed by atoms with E-state index in [1.54, 1.807) is 4.68 Å². The molecule has 0 bridgehead atoms. The highest BCUT2D eigenvalue weighted by atomic mass is 35.5. The van der Waals surface area contributed by atoms with Crippen LogP contribution in [0.5, 0.6) is 0 Å². The SMILES string of the molecule is CCn1ncc(Cl)c1C(=O)NCCC1(O)CCCOC1. The van der Waals surface area contributed by atoms with Crippen LogP contribution in [0.15, 0.2) is 6.20 Å². The normalized spacial score (nSPS) is 22.8. The van der Waals surface area contributed by atoms with E-state index in [-0.39, 0.29) is 5.91 Å². The molecule has 1 aromatic rings. The Kier molecular flexibility index (Phi) is 5.01. The summed E-state index contributed by atoms with van der Waals surface area (Å²) in [5.41, 5.74) is -0.471. The summed E-state index contributed by atoms with van der Waals surface area (Å²) >= 11 is 5.96. The summed E-state index contributed by atoms with van der Waals surface area (Å²) in [6.45, 7) is 3.87. The fraction of sp³-hybridized carbons (Fsp3) is 0.692. The van der Waals surface area contributed by atoms with E-state index in [9.17, 15) is 9.90 Å². The molecular formula is C13H20ClN3O3. The summed E-state index contributed by atoms with van der Waals surface area (Å²) < 4.78 is 6.82. The van der Waals surface area contributed by atoms with Crippen LogP contribution in [0.25, 0.3) is 0 Å². The number of rotatable bonds is 5. The average molecular weight is 302 g/mol. The molecule has 112 valence electrons. The summed E-state index contributed by atoms with van der Waals surface area (Å²) in [5.74, 6) is -0.269. The van der Waals surface area contributed by atoms with Gasteiger partial charge in [0.2, 0.25) is 0 Å². The standard InChI is InChI=1S/C13H20ClN3O3/c1-2-17-11(10(14)8-16-17)12(18)15-6-5-13(19)4-3-7-20-9-13/h8,19H,2-7,9H2,1H3,(H,15,18). The van der Waals surface area contributed by atoms with Gasteiger partial charge >= 0.3 is 0 Å². The lowest BCUT2D eigenvalue weighted by Crippen LogP contribution is -2.42. The Labute approximate surface area is 123 Å². The van der Waals surface area contributed by atoms with E-state index in [4.69, 9.17) is 16.3 Å². The zero-order chi connectivity index (χ0) is 14.6. The maximum atomic E-state index is 12.1. The number of aromatic nitrogens is 2. The second-order valence-electron chi connectivity index (χ2n) is 5.04. The topological polar surface area (TPSA) is 76.4 Å². The second-order valence-corrected chi connectivity index (χ2v) is 5.45. The van der Waals surface area contributed by atoms with Crippen molar-refractivity contribution in [3.05, 3.63) is 16.9 Å². The van der Waals surface area contributed by atoms with Crippen LogP contribution in [-0.4, -0.2) is 46.2 Å². The molecule has 0 spiro atoms. The van der Waals surface area contributed by atoms with E-state index in [1.807, 2.05) is 6.92 Å². The minimum Gasteiger partial charge on any atom is -0.387 e. The summed E-state index contributed by atoms with van der Waals surface area (Å²) in [7, 11) is 0. The van der Waals surface area contributed by atoms with Crippen molar-refractivity contribution in [1.29, 1.82) is 0 Å². The van der Waals surface area contributed by atoms with E-state index in [1.165, 1.54) is 6.20 Å². The third kappa shape index (κ3) is 3.50. The summed E-state index contributed by atoms with van der Waals surface area (Å²) in [5, 5.41) is 17.4. The molecule has 2 rings (SSSR count). The van der Waals surface area contributed by atoms with Gasteiger partial charge < -0.3 is 15.2 Å². The molecule has 1 unspecified atom stereocenters. The van der Waals surface area contributed by atoms with Crippen LogP contribution >= 0.6 is 11.6 Å². The molecule has 1 atom stereocenters. The molecule has 0 aliphatic carbocycles. The van der Waals surface area contributed by atoms with E-state index >= 15 is 0 Å².